The molecule has 0 bridgehead atoms. The summed E-state index contributed by atoms with van der Waals surface area (Å²) in [5.41, 5.74) is 0. The first kappa shape index (κ1) is 12.4. The second-order valence-electron chi connectivity index (χ2n) is 2.21. The first-order valence-electron chi connectivity index (χ1n) is 2.88. The van der Waals surface area contributed by atoms with Crippen molar-refractivity contribution in [3.05, 3.63) is 0 Å². The zero-order valence-corrected chi connectivity index (χ0v) is 7.60. The van der Waals surface area contributed by atoms with Crippen LogP contribution >= 0.6 is 21.6 Å². The predicted molar refractivity (Wildman–Crippen MR) is 52.1 cm³/mol. The van der Waals surface area contributed by atoms with Crippen molar-refractivity contribution in [1.82, 2.24) is 0 Å². The Bertz CT molecular complexity index is 52.9. The van der Waals surface area contributed by atoms with Gasteiger partial charge in [-0.1, -0.05) is 49.8 Å². The quantitative estimate of drug-likeness (QED) is 0.587. The fourth-order valence-corrected chi connectivity index (χ4v) is 2.37. The molecule has 2 heteroatoms. The topological polar surface area (TPSA) is 0 Å². The lowest BCUT2D eigenvalue weighted by Crippen LogP contribution is -2.02. The molecule has 0 aliphatic heterocycles. The van der Waals surface area contributed by atoms with Crippen LogP contribution in [0.2, 0.25) is 0 Å². The molecule has 0 aromatic carbocycles. The maximum atomic E-state index is 2.27. The molecule has 0 aromatic heterocycles. The van der Waals surface area contributed by atoms with Gasteiger partial charge in [0.1, 0.15) is 0 Å². The van der Waals surface area contributed by atoms with Crippen molar-refractivity contribution < 1.29 is 0 Å². The molecular formula is C7H18S2. The number of hydrogen-bond acceptors (Lipinski definition) is 2. The summed E-state index contributed by atoms with van der Waals surface area (Å²) >= 11 is 0. The fraction of sp³-hybridized carbons (Fsp3) is 1.00. The number of rotatable bonds is 3. The van der Waals surface area contributed by atoms with Crippen molar-refractivity contribution in [2.75, 3.05) is 6.26 Å². The summed E-state index contributed by atoms with van der Waals surface area (Å²) < 4.78 is 0. The Kier molecular flexibility index (Phi) is 9.38. The normalized spacial score (nSPS) is 13.0. The van der Waals surface area contributed by atoms with Crippen LogP contribution < -0.4 is 0 Å². The minimum atomic E-state index is 0. The van der Waals surface area contributed by atoms with E-state index < -0.39 is 0 Å². The Morgan fingerprint density at radius 1 is 1.11 bits per heavy atom. The van der Waals surface area contributed by atoms with Gasteiger partial charge >= 0.3 is 0 Å². The van der Waals surface area contributed by atoms with Crippen molar-refractivity contribution >= 4 is 21.6 Å². The molecule has 0 aliphatic rings. The smallest absolute Gasteiger partial charge is 0.0146 e. The molecule has 0 aliphatic carbocycles. The Balaban J connectivity index is 0. The first-order valence-corrected chi connectivity index (χ1v) is 5.50. The van der Waals surface area contributed by atoms with E-state index >= 15 is 0 Å². The van der Waals surface area contributed by atoms with Crippen LogP contribution in [0.3, 0.4) is 0 Å². The standard InChI is InChI=1S/C6H14S2.CH4/c1-5(2)6(3)8-7-4;/h5-6H,1-4H3;1H4/t6-;/m0./s1. The molecule has 0 aromatic rings. The van der Waals surface area contributed by atoms with Gasteiger partial charge in [-0.25, -0.2) is 0 Å². The molecule has 58 valence electrons. The van der Waals surface area contributed by atoms with Crippen LogP contribution in [0.5, 0.6) is 0 Å². The van der Waals surface area contributed by atoms with Crippen molar-refractivity contribution in [2.24, 2.45) is 5.92 Å². The van der Waals surface area contributed by atoms with Gasteiger partial charge in [-0.2, -0.15) is 0 Å². The van der Waals surface area contributed by atoms with E-state index in [0.29, 0.717) is 0 Å². The summed E-state index contributed by atoms with van der Waals surface area (Å²) in [6.07, 6.45) is 2.13. The van der Waals surface area contributed by atoms with Crippen molar-refractivity contribution in [1.29, 1.82) is 0 Å². The van der Waals surface area contributed by atoms with Crippen LogP contribution in [-0.2, 0) is 0 Å². The van der Waals surface area contributed by atoms with Gasteiger partial charge in [0, 0.05) is 5.25 Å². The zero-order valence-electron chi connectivity index (χ0n) is 5.97. The van der Waals surface area contributed by atoms with Crippen LogP contribution in [-0.4, -0.2) is 11.5 Å². The highest BCUT2D eigenvalue weighted by Gasteiger charge is 2.04. The molecule has 0 radical (unpaired) electrons. The van der Waals surface area contributed by atoms with Gasteiger partial charge in [0.25, 0.3) is 0 Å². The lowest BCUT2D eigenvalue weighted by molar-refractivity contribution is 0.645. The van der Waals surface area contributed by atoms with E-state index in [-0.39, 0.29) is 7.43 Å². The second kappa shape index (κ2) is 6.81. The predicted octanol–water partition coefficient (Wildman–Crippen LogP) is 3.68. The van der Waals surface area contributed by atoms with Gasteiger partial charge < -0.3 is 0 Å². The Morgan fingerprint density at radius 2 is 1.56 bits per heavy atom. The van der Waals surface area contributed by atoms with Crippen LogP contribution in [0, 0.1) is 5.92 Å². The molecule has 0 nitrogen and oxygen atoms in total. The SMILES string of the molecule is C.CSS[C@@H](C)C(C)C. The summed E-state index contributed by atoms with van der Waals surface area (Å²) in [5, 5.41) is 0.796. The van der Waals surface area contributed by atoms with Crippen LogP contribution in [0.25, 0.3) is 0 Å². The molecule has 1 atom stereocenters. The van der Waals surface area contributed by atoms with E-state index in [9.17, 15) is 0 Å². The van der Waals surface area contributed by atoms with Gasteiger partial charge in [0.15, 0.2) is 0 Å². The molecule has 0 rings (SSSR count). The summed E-state index contributed by atoms with van der Waals surface area (Å²) in [4.78, 5) is 0. The van der Waals surface area contributed by atoms with E-state index in [1.807, 2.05) is 21.6 Å². The van der Waals surface area contributed by atoms with Gasteiger partial charge in [0.2, 0.25) is 0 Å². The minimum Gasteiger partial charge on any atom is -0.0973 e. The maximum Gasteiger partial charge on any atom is 0.0146 e. The summed E-state index contributed by atoms with van der Waals surface area (Å²) in [6, 6.07) is 0. The third-order valence-corrected chi connectivity index (χ3v) is 3.72. The highest BCUT2D eigenvalue weighted by atomic mass is 33.1. The number of hydrogen-bond donors (Lipinski definition) is 0. The molecule has 0 heterocycles. The Labute approximate surface area is 67.6 Å². The Morgan fingerprint density at radius 3 is 1.67 bits per heavy atom. The lowest BCUT2D eigenvalue weighted by atomic mass is 10.2. The maximum absolute atomic E-state index is 2.27. The van der Waals surface area contributed by atoms with Crippen LogP contribution in [0.1, 0.15) is 28.2 Å². The Hall–Kier alpha value is 0.700. The second-order valence-corrected chi connectivity index (χ2v) is 5.06. The van der Waals surface area contributed by atoms with Crippen molar-refractivity contribution in [3.63, 3.8) is 0 Å². The highest BCUT2D eigenvalue weighted by molar-refractivity contribution is 8.76. The van der Waals surface area contributed by atoms with Gasteiger partial charge in [-0.15, -0.1) is 0 Å². The first-order chi connectivity index (χ1) is 3.68. The van der Waals surface area contributed by atoms with Crippen LogP contribution in [0.15, 0.2) is 0 Å². The molecule has 0 saturated heterocycles. The van der Waals surface area contributed by atoms with Gasteiger partial charge in [-0.3, -0.25) is 0 Å². The van der Waals surface area contributed by atoms with Gasteiger partial charge in [0.05, 0.1) is 0 Å². The van der Waals surface area contributed by atoms with Crippen molar-refractivity contribution in [3.8, 4) is 0 Å². The lowest BCUT2D eigenvalue weighted by Gasteiger charge is -2.11. The van der Waals surface area contributed by atoms with E-state index in [0.717, 1.165) is 11.2 Å². The monoisotopic (exact) mass is 166 g/mol. The molecule has 0 unspecified atom stereocenters. The van der Waals surface area contributed by atoms with Crippen LogP contribution in [0.4, 0.5) is 0 Å². The zero-order chi connectivity index (χ0) is 6.57. The fourth-order valence-electron chi connectivity index (χ4n) is 0.263. The molecule has 0 saturated carbocycles. The van der Waals surface area contributed by atoms with E-state index in [1.54, 1.807) is 0 Å². The van der Waals surface area contributed by atoms with Gasteiger partial charge in [-0.05, 0) is 12.2 Å². The largest absolute Gasteiger partial charge is 0.0973 e. The molecule has 0 amide bonds. The molecule has 0 fully saturated rings. The van der Waals surface area contributed by atoms with E-state index in [2.05, 4.69) is 27.0 Å². The highest BCUT2D eigenvalue weighted by Crippen LogP contribution is 2.27. The van der Waals surface area contributed by atoms with E-state index in [4.69, 9.17) is 0 Å². The van der Waals surface area contributed by atoms with Crippen molar-refractivity contribution in [2.45, 2.75) is 33.4 Å². The molecule has 9 heavy (non-hydrogen) atoms. The summed E-state index contributed by atoms with van der Waals surface area (Å²) in [6.45, 7) is 6.79. The molecular weight excluding hydrogens is 148 g/mol. The van der Waals surface area contributed by atoms with E-state index in [1.165, 1.54) is 0 Å². The average Bonchev–Trinajstić information content (AvgIpc) is 1.67. The average molecular weight is 166 g/mol. The molecule has 0 N–H and O–H groups in total. The summed E-state index contributed by atoms with van der Waals surface area (Å²) in [5.74, 6) is 0.812. The molecule has 0 spiro atoms. The summed E-state index contributed by atoms with van der Waals surface area (Å²) in [7, 11) is 3.81. The minimum absolute atomic E-state index is 0. The third kappa shape index (κ3) is 6.59. The third-order valence-electron chi connectivity index (χ3n) is 1.19.